The van der Waals surface area contributed by atoms with Crippen molar-refractivity contribution in [1.82, 2.24) is 5.32 Å². The Morgan fingerprint density at radius 1 is 1.08 bits per heavy atom. The number of benzene rings is 1. The third-order valence-corrected chi connectivity index (χ3v) is 5.95. The van der Waals surface area contributed by atoms with Gasteiger partial charge in [0, 0.05) is 17.8 Å². The normalized spacial score (nSPS) is 39.2. The van der Waals surface area contributed by atoms with Gasteiger partial charge >= 0.3 is 0 Å². The van der Waals surface area contributed by atoms with E-state index in [2.05, 4.69) is 5.32 Å². The second kappa shape index (κ2) is 4.81. The van der Waals surface area contributed by atoms with Crippen LogP contribution in [0.2, 0.25) is 0 Å². The van der Waals surface area contributed by atoms with Gasteiger partial charge in [-0.05, 0) is 5.56 Å². The van der Waals surface area contributed by atoms with Crippen molar-refractivity contribution in [2.75, 3.05) is 0 Å². The summed E-state index contributed by atoms with van der Waals surface area (Å²) in [7, 11) is 0. The maximum absolute atomic E-state index is 12.7. The van der Waals surface area contributed by atoms with Crippen LogP contribution in [0.1, 0.15) is 25.3 Å². The number of nitrogens with zero attached hydrogens (tertiary/aromatic N) is 3. The highest BCUT2D eigenvalue weighted by Gasteiger charge is 2.79. The minimum atomic E-state index is -1.93. The van der Waals surface area contributed by atoms with Crippen molar-refractivity contribution in [1.29, 1.82) is 15.8 Å². The zero-order valence-electron chi connectivity index (χ0n) is 13.3. The quantitative estimate of drug-likeness (QED) is 0.810. The molecule has 1 aromatic rings. The van der Waals surface area contributed by atoms with Crippen LogP contribution < -0.4 is 5.32 Å². The van der Waals surface area contributed by atoms with E-state index in [1.165, 1.54) is 0 Å². The molecule has 1 aliphatic heterocycles. The Morgan fingerprint density at radius 3 is 2.17 bits per heavy atom. The van der Waals surface area contributed by atoms with Gasteiger partial charge in [-0.15, -0.1) is 0 Å². The van der Waals surface area contributed by atoms with E-state index in [9.17, 15) is 25.7 Å². The Morgan fingerprint density at radius 2 is 1.67 bits per heavy atom. The summed E-state index contributed by atoms with van der Waals surface area (Å²) in [4.78, 5) is 12.7. The summed E-state index contributed by atoms with van der Waals surface area (Å²) in [6.45, 7) is 3.24. The smallest absolute Gasteiger partial charge is 0.245 e. The summed E-state index contributed by atoms with van der Waals surface area (Å²) >= 11 is 0. The summed E-state index contributed by atoms with van der Waals surface area (Å²) in [5, 5.41) is 43.3. The lowest BCUT2D eigenvalue weighted by Gasteiger charge is -2.51. The molecule has 1 saturated heterocycles. The van der Waals surface area contributed by atoms with Crippen LogP contribution in [0.5, 0.6) is 0 Å². The summed E-state index contributed by atoms with van der Waals surface area (Å²) in [5.74, 6) is -3.05. The first-order valence-corrected chi connectivity index (χ1v) is 7.69. The standard InChI is InChI=1S/C18H16N4O2/c1-11-14(13-6-4-3-5-7-13)16(8-19,9-20)17(10-21)12(2)18(11,24)22-15(17)23/h3-7,11-12,14,24H,1-2H3,(H,22,23)/t11-,12-,14+,17-,18+/m1/s1. The van der Waals surface area contributed by atoms with E-state index in [4.69, 9.17) is 0 Å². The van der Waals surface area contributed by atoms with Crippen molar-refractivity contribution in [3.8, 4) is 18.2 Å². The second-order valence-electron chi connectivity index (χ2n) is 6.63. The fourth-order valence-corrected chi connectivity index (χ4v) is 4.59. The highest BCUT2D eigenvalue weighted by molar-refractivity contribution is 5.92. The molecule has 2 fully saturated rings. The lowest BCUT2D eigenvalue weighted by molar-refractivity contribution is -0.135. The molecule has 6 heteroatoms. The molecule has 0 unspecified atom stereocenters. The monoisotopic (exact) mass is 320 g/mol. The maximum atomic E-state index is 12.7. The van der Waals surface area contributed by atoms with Crippen LogP contribution in [0.4, 0.5) is 0 Å². The van der Waals surface area contributed by atoms with E-state index >= 15 is 0 Å². The minimum Gasteiger partial charge on any atom is -0.370 e. The number of amides is 1. The number of carbonyl (C=O) groups is 1. The van der Waals surface area contributed by atoms with Crippen molar-refractivity contribution < 1.29 is 9.90 Å². The highest BCUT2D eigenvalue weighted by atomic mass is 16.3. The number of carbonyl (C=O) groups excluding carboxylic acids is 1. The molecule has 2 aliphatic rings. The van der Waals surface area contributed by atoms with E-state index in [1.54, 1.807) is 44.2 Å². The lowest BCUT2D eigenvalue weighted by Crippen LogP contribution is -2.62. The average Bonchev–Trinajstić information content (AvgIpc) is 2.77. The molecule has 1 aromatic carbocycles. The van der Waals surface area contributed by atoms with Crippen molar-refractivity contribution in [3.63, 3.8) is 0 Å². The minimum absolute atomic E-state index is 0.623. The molecule has 1 aliphatic carbocycles. The molecule has 5 atom stereocenters. The van der Waals surface area contributed by atoms with Gasteiger partial charge in [-0.25, -0.2) is 0 Å². The fourth-order valence-electron chi connectivity index (χ4n) is 4.59. The van der Waals surface area contributed by atoms with E-state index in [0.717, 1.165) is 0 Å². The van der Waals surface area contributed by atoms with Gasteiger partial charge in [0.15, 0.2) is 10.8 Å². The van der Waals surface area contributed by atoms with Gasteiger partial charge in [0.05, 0.1) is 18.2 Å². The van der Waals surface area contributed by atoms with Gasteiger partial charge in [-0.2, -0.15) is 15.8 Å². The molecule has 6 nitrogen and oxygen atoms in total. The van der Waals surface area contributed by atoms with Crippen LogP contribution in [-0.2, 0) is 4.79 Å². The zero-order valence-corrected chi connectivity index (χ0v) is 13.3. The Kier molecular flexibility index (Phi) is 3.20. The van der Waals surface area contributed by atoms with Crippen LogP contribution >= 0.6 is 0 Å². The van der Waals surface area contributed by atoms with Crippen molar-refractivity contribution in [2.24, 2.45) is 22.7 Å². The van der Waals surface area contributed by atoms with Gasteiger partial charge in [0.25, 0.3) is 0 Å². The van der Waals surface area contributed by atoms with Crippen molar-refractivity contribution >= 4 is 5.91 Å². The number of aliphatic hydroxyl groups is 1. The summed E-state index contributed by atoms with van der Waals surface area (Å²) in [6.07, 6.45) is 0. The number of nitriles is 3. The highest BCUT2D eigenvalue weighted by Crippen LogP contribution is 2.66. The largest absolute Gasteiger partial charge is 0.370 e. The molecule has 1 saturated carbocycles. The van der Waals surface area contributed by atoms with Gasteiger partial charge < -0.3 is 10.4 Å². The molecule has 2 N–H and O–H groups in total. The molecule has 0 aromatic heterocycles. The van der Waals surface area contributed by atoms with Crippen LogP contribution in [0, 0.1) is 56.7 Å². The Labute approximate surface area is 139 Å². The van der Waals surface area contributed by atoms with Crippen LogP contribution in [0.3, 0.4) is 0 Å². The number of rotatable bonds is 1. The molecular weight excluding hydrogens is 304 g/mol. The maximum Gasteiger partial charge on any atom is 0.245 e. The lowest BCUT2D eigenvalue weighted by atomic mass is 9.45. The van der Waals surface area contributed by atoms with E-state index in [-0.39, 0.29) is 0 Å². The molecule has 3 rings (SSSR count). The predicted octanol–water partition coefficient (Wildman–Crippen LogP) is 1.42. The Hall–Kier alpha value is -2.88. The number of hydrogen-bond acceptors (Lipinski definition) is 5. The van der Waals surface area contributed by atoms with Crippen molar-refractivity contribution in [2.45, 2.75) is 25.5 Å². The molecule has 0 spiro atoms. The molecule has 1 heterocycles. The number of hydrogen-bond donors (Lipinski definition) is 2. The van der Waals surface area contributed by atoms with Crippen molar-refractivity contribution in [3.05, 3.63) is 35.9 Å². The third kappa shape index (κ3) is 1.44. The fraction of sp³-hybridized carbons (Fsp3) is 0.444. The Bertz CT molecular complexity index is 817. The third-order valence-electron chi connectivity index (χ3n) is 5.95. The Balaban J connectivity index is 2.40. The average molecular weight is 320 g/mol. The predicted molar refractivity (Wildman–Crippen MR) is 82.3 cm³/mol. The van der Waals surface area contributed by atoms with Gasteiger partial charge in [0.1, 0.15) is 5.72 Å². The number of nitrogens with one attached hydrogen (secondary N) is 1. The first kappa shape index (κ1) is 16.0. The topological polar surface area (TPSA) is 121 Å². The first-order valence-electron chi connectivity index (χ1n) is 7.69. The van der Waals surface area contributed by atoms with Gasteiger partial charge in [-0.1, -0.05) is 44.2 Å². The van der Waals surface area contributed by atoms with Crippen LogP contribution in [0.15, 0.2) is 30.3 Å². The summed E-state index contributed by atoms with van der Waals surface area (Å²) in [6, 6.07) is 14.7. The molecule has 24 heavy (non-hydrogen) atoms. The van der Waals surface area contributed by atoms with Gasteiger partial charge in [-0.3, -0.25) is 4.79 Å². The van der Waals surface area contributed by atoms with E-state index in [1.807, 2.05) is 18.2 Å². The molecular formula is C18H16N4O2. The SMILES string of the molecule is C[C@@H]1[C@@H](c2ccccc2)C(C#N)(C#N)[C@@]2(C#N)C(=O)N[C@@]1(O)[C@@H]2C. The van der Waals surface area contributed by atoms with E-state index < -0.39 is 40.2 Å². The zero-order chi connectivity index (χ0) is 17.8. The molecule has 120 valence electrons. The first-order chi connectivity index (χ1) is 11.4. The molecule has 1 amide bonds. The second-order valence-corrected chi connectivity index (χ2v) is 6.63. The van der Waals surface area contributed by atoms with E-state index in [0.29, 0.717) is 5.56 Å². The summed E-state index contributed by atoms with van der Waals surface area (Å²) in [5.41, 5.74) is -4.83. The molecule has 2 bridgehead atoms. The van der Waals surface area contributed by atoms with Crippen LogP contribution in [-0.4, -0.2) is 16.7 Å². The summed E-state index contributed by atoms with van der Waals surface area (Å²) < 4.78 is 0. The van der Waals surface area contributed by atoms with Gasteiger partial charge in [0.2, 0.25) is 5.91 Å². The van der Waals surface area contributed by atoms with Crippen LogP contribution in [0.25, 0.3) is 0 Å². The molecule has 0 radical (unpaired) electrons. The number of fused-ring (bicyclic) bond motifs is 2.